The molecule has 3 rings (SSSR count). The molecule has 3 aromatic rings. The van der Waals surface area contributed by atoms with Gasteiger partial charge in [0.15, 0.2) is 5.58 Å². The highest BCUT2D eigenvalue weighted by molar-refractivity contribution is 5.72. The molecule has 0 spiro atoms. The summed E-state index contributed by atoms with van der Waals surface area (Å²) < 4.78 is 6.88. The summed E-state index contributed by atoms with van der Waals surface area (Å²) in [7, 11) is 0. The smallest absolute Gasteiger partial charge is 0.408 e. The zero-order chi connectivity index (χ0) is 13.8. The van der Waals surface area contributed by atoms with Crippen LogP contribution >= 0.6 is 0 Å². The predicted molar refractivity (Wildman–Crippen MR) is 80.0 cm³/mol. The van der Waals surface area contributed by atoms with E-state index in [1.165, 1.54) is 0 Å². The molecule has 2 aromatic carbocycles. The Morgan fingerprint density at radius 1 is 1.00 bits per heavy atom. The molecule has 1 heterocycles. The van der Waals surface area contributed by atoms with Crippen molar-refractivity contribution < 1.29 is 4.42 Å². The van der Waals surface area contributed by atoms with Gasteiger partial charge >= 0.3 is 5.76 Å². The average Bonchev–Trinajstić information content (AvgIpc) is 2.80. The van der Waals surface area contributed by atoms with Crippen molar-refractivity contribution in [3.63, 3.8) is 0 Å². The van der Waals surface area contributed by atoms with Gasteiger partial charge in [0.25, 0.3) is 0 Å². The highest BCUT2D eigenvalue weighted by atomic mass is 16.4. The molecular formula is C16H16N2O2. The summed E-state index contributed by atoms with van der Waals surface area (Å²) >= 11 is 0. The molecule has 0 radical (unpaired) electrons. The molecule has 4 heteroatoms. The monoisotopic (exact) mass is 268 g/mol. The van der Waals surface area contributed by atoms with E-state index in [9.17, 15) is 4.79 Å². The second-order valence-electron chi connectivity index (χ2n) is 4.63. The fourth-order valence-electron chi connectivity index (χ4n) is 2.25. The minimum absolute atomic E-state index is 0.286. The molecule has 0 fully saturated rings. The summed E-state index contributed by atoms with van der Waals surface area (Å²) in [5.41, 5.74) is 2.60. The Balaban J connectivity index is 1.63. The van der Waals surface area contributed by atoms with Crippen LogP contribution < -0.4 is 11.1 Å². The number of nitrogens with zero attached hydrogens (tertiary/aromatic N) is 1. The first-order valence-electron chi connectivity index (χ1n) is 6.72. The van der Waals surface area contributed by atoms with Gasteiger partial charge < -0.3 is 9.73 Å². The van der Waals surface area contributed by atoms with E-state index in [0.29, 0.717) is 12.1 Å². The zero-order valence-electron chi connectivity index (χ0n) is 11.1. The summed E-state index contributed by atoms with van der Waals surface area (Å²) in [5.74, 6) is -0.286. The summed E-state index contributed by atoms with van der Waals surface area (Å²) in [6.07, 6.45) is 0.859. The number of benzene rings is 2. The number of nitrogens with one attached hydrogen (secondary N) is 1. The van der Waals surface area contributed by atoms with Gasteiger partial charge in [-0.15, -0.1) is 0 Å². The number of hydrogen-bond acceptors (Lipinski definition) is 3. The topological polar surface area (TPSA) is 47.2 Å². The average molecular weight is 268 g/mol. The molecule has 0 amide bonds. The lowest BCUT2D eigenvalue weighted by Crippen LogP contribution is -2.16. The number of oxazole rings is 1. The van der Waals surface area contributed by atoms with E-state index in [1.54, 1.807) is 4.57 Å². The SMILES string of the molecule is O=c1oc2ccccc2n1CCCNc1ccccc1. The molecule has 0 unspecified atom stereocenters. The molecule has 1 N–H and O–H groups in total. The lowest BCUT2D eigenvalue weighted by molar-refractivity contribution is 0.500. The summed E-state index contributed by atoms with van der Waals surface area (Å²) in [4.78, 5) is 11.8. The van der Waals surface area contributed by atoms with Crippen LogP contribution in [0.3, 0.4) is 0 Å². The third kappa shape index (κ3) is 2.59. The molecule has 20 heavy (non-hydrogen) atoms. The van der Waals surface area contributed by atoms with Crippen molar-refractivity contribution in [1.82, 2.24) is 4.57 Å². The van der Waals surface area contributed by atoms with Gasteiger partial charge in [0.2, 0.25) is 0 Å². The van der Waals surface area contributed by atoms with Crippen LogP contribution in [0.25, 0.3) is 11.1 Å². The lowest BCUT2D eigenvalue weighted by Gasteiger charge is -2.06. The molecule has 0 aliphatic carbocycles. The number of aromatic nitrogens is 1. The van der Waals surface area contributed by atoms with Gasteiger partial charge in [0.1, 0.15) is 0 Å². The third-order valence-electron chi connectivity index (χ3n) is 3.24. The van der Waals surface area contributed by atoms with Crippen LogP contribution in [0.2, 0.25) is 0 Å². The third-order valence-corrected chi connectivity index (χ3v) is 3.24. The molecule has 0 atom stereocenters. The van der Waals surface area contributed by atoms with Crippen LogP contribution in [0.4, 0.5) is 5.69 Å². The number of hydrogen-bond donors (Lipinski definition) is 1. The van der Waals surface area contributed by atoms with Gasteiger partial charge in [0, 0.05) is 18.8 Å². The molecule has 0 saturated heterocycles. The molecular weight excluding hydrogens is 252 g/mol. The first kappa shape index (κ1) is 12.5. The van der Waals surface area contributed by atoms with Gasteiger partial charge in [-0.25, -0.2) is 4.79 Å². The normalized spacial score (nSPS) is 10.8. The summed E-state index contributed by atoms with van der Waals surface area (Å²) in [6, 6.07) is 17.5. The Hall–Kier alpha value is -2.49. The number of aryl methyl sites for hydroxylation is 1. The Bertz CT molecular complexity index is 744. The van der Waals surface area contributed by atoms with E-state index in [4.69, 9.17) is 4.42 Å². The molecule has 0 aliphatic heterocycles. The summed E-state index contributed by atoms with van der Waals surface area (Å²) in [5, 5.41) is 3.33. The molecule has 0 aliphatic rings. The second-order valence-corrected chi connectivity index (χ2v) is 4.63. The number of fused-ring (bicyclic) bond motifs is 1. The van der Waals surface area contributed by atoms with Gasteiger partial charge in [-0.1, -0.05) is 30.3 Å². The largest absolute Gasteiger partial charge is 0.419 e. The minimum Gasteiger partial charge on any atom is -0.408 e. The van der Waals surface area contributed by atoms with Crippen molar-refractivity contribution in [3.05, 3.63) is 65.1 Å². The number of anilines is 1. The molecule has 0 saturated carbocycles. The predicted octanol–water partition coefficient (Wildman–Crippen LogP) is 3.10. The van der Waals surface area contributed by atoms with Crippen LogP contribution in [0.1, 0.15) is 6.42 Å². The maximum Gasteiger partial charge on any atom is 0.419 e. The highest BCUT2D eigenvalue weighted by Gasteiger charge is 2.07. The minimum atomic E-state index is -0.286. The van der Waals surface area contributed by atoms with Crippen molar-refractivity contribution in [1.29, 1.82) is 0 Å². The van der Waals surface area contributed by atoms with Gasteiger partial charge in [0.05, 0.1) is 5.52 Å². The van der Waals surface area contributed by atoms with Crippen molar-refractivity contribution in [2.75, 3.05) is 11.9 Å². The second kappa shape index (κ2) is 5.65. The van der Waals surface area contributed by atoms with E-state index in [1.807, 2.05) is 54.6 Å². The van der Waals surface area contributed by atoms with E-state index in [0.717, 1.165) is 24.2 Å². The van der Waals surface area contributed by atoms with Crippen LogP contribution in [0, 0.1) is 0 Å². The first-order chi connectivity index (χ1) is 9.84. The summed E-state index contributed by atoms with van der Waals surface area (Å²) in [6.45, 7) is 1.46. The zero-order valence-corrected chi connectivity index (χ0v) is 11.1. The van der Waals surface area contributed by atoms with Crippen LogP contribution in [-0.4, -0.2) is 11.1 Å². The van der Waals surface area contributed by atoms with Crippen molar-refractivity contribution in [3.8, 4) is 0 Å². The van der Waals surface area contributed by atoms with Crippen LogP contribution in [0.15, 0.2) is 63.8 Å². The van der Waals surface area contributed by atoms with E-state index in [-0.39, 0.29) is 5.76 Å². The van der Waals surface area contributed by atoms with E-state index >= 15 is 0 Å². The highest BCUT2D eigenvalue weighted by Crippen LogP contribution is 2.12. The fourth-order valence-corrected chi connectivity index (χ4v) is 2.25. The van der Waals surface area contributed by atoms with E-state index in [2.05, 4.69) is 5.32 Å². The quantitative estimate of drug-likeness (QED) is 0.723. The van der Waals surface area contributed by atoms with Crippen molar-refractivity contribution >= 4 is 16.8 Å². The first-order valence-corrected chi connectivity index (χ1v) is 6.72. The van der Waals surface area contributed by atoms with Gasteiger partial charge in [-0.05, 0) is 30.7 Å². The fraction of sp³-hybridized carbons (Fsp3) is 0.188. The lowest BCUT2D eigenvalue weighted by atomic mass is 10.3. The van der Waals surface area contributed by atoms with Crippen LogP contribution in [0.5, 0.6) is 0 Å². The Kier molecular flexibility index (Phi) is 3.54. The Labute approximate surface area is 116 Å². The molecule has 102 valence electrons. The maximum atomic E-state index is 11.8. The Morgan fingerprint density at radius 2 is 1.75 bits per heavy atom. The van der Waals surface area contributed by atoms with Gasteiger partial charge in [-0.3, -0.25) is 4.57 Å². The molecule has 0 bridgehead atoms. The number of rotatable bonds is 5. The Morgan fingerprint density at radius 3 is 2.60 bits per heavy atom. The van der Waals surface area contributed by atoms with Gasteiger partial charge in [-0.2, -0.15) is 0 Å². The van der Waals surface area contributed by atoms with Crippen molar-refractivity contribution in [2.45, 2.75) is 13.0 Å². The van der Waals surface area contributed by atoms with Crippen molar-refractivity contribution in [2.24, 2.45) is 0 Å². The molecule has 4 nitrogen and oxygen atoms in total. The van der Waals surface area contributed by atoms with Crippen LogP contribution in [-0.2, 0) is 6.54 Å². The maximum absolute atomic E-state index is 11.8. The molecule has 1 aromatic heterocycles. The van der Waals surface area contributed by atoms with E-state index < -0.39 is 0 Å². The number of para-hydroxylation sites is 3. The standard InChI is InChI=1S/C16H16N2O2/c19-16-18(14-9-4-5-10-15(14)20-16)12-6-11-17-13-7-2-1-3-8-13/h1-5,7-10,17H,6,11-12H2.